The lowest BCUT2D eigenvalue weighted by Gasteiger charge is -2.39. The zero-order valence-electron chi connectivity index (χ0n) is 23.5. The molecule has 216 valence electrons. The molecule has 0 N–H and O–H groups in total. The zero-order chi connectivity index (χ0) is 27.5. The average molecular weight is 637 g/mol. The van der Waals surface area contributed by atoms with Crippen molar-refractivity contribution in [1.82, 2.24) is 14.7 Å². The van der Waals surface area contributed by atoms with Crippen LogP contribution in [0.1, 0.15) is 41.9 Å². The maximum absolute atomic E-state index is 13.6. The Morgan fingerprint density at radius 2 is 1.44 bits per heavy atom. The van der Waals surface area contributed by atoms with Gasteiger partial charge in [0.15, 0.2) is 0 Å². The summed E-state index contributed by atoms with van der Waals surface area (Å²) in [4.78, 5) is 33.6. The molecule has 7 heteroatoms. The van der Waals surface area contributed by atoms with E-state index in [1.54, 1.807) is 0 Å². The van der Waals surface area contributed by atoms with Crippen LogP contribution < -0.4 is 0 Å². The second-order valence-corrected chi connectivity index (χ2v) is 12.8. The van der Waals surface area contributed by atoms with Crippen LogP contribution in [0.15, 0.2) is 89.4 Å². The summed E-state index contributed by atoms with van der Waals surface area (Å²) in [7, 11) is 0. The number of rotatable bonds is 7. The van der Waals surface area contributed by atoms with E-state index in [9.17, 15) is 9.59 Å². The van der Waals surface area contributed by atoms with Gasteiger partial charge in [0.2, 0.25) is 11.8 Å². The molecule has 1 spiro atoms. The smallest absolute Gasteiger partial charge is 0.229 e. The Morgan fingerprint density at radius 3 is 2.12 bits per heavy atom. The predicted octanol–water partition coefficient (Wildman–Crippen LogP) is 6.17. The number of halogens is 2. The van der Waals surface area contributed by atoms with Gasteiger partial charge in [0, 0.05) is 43.1 Å². The molecule has 3 aliphatic rings. The summed E-state index contributed by atoms with van der Waals surface area (Å²) >= 11 is 3.50. The first-order chi connectivity index (χ1) is 19.5. The maximum atomic E-state index is 13.6. The third kappa shape index (κ3) is 6.71. The first-order valence-corrected chi connectivity index (χ1v) is 15.4. The molecule has 0 saturated carbocycles. The fraction of sp³-hybridized carbons (Fsp3) is 0.412. The quantitative estimate of drug-likeness (QED) is 0.312. The minimum atomic E-state index is -0.196. The summed E-state index contributed by atoms with van der Waals surface area (Å²) < 4.78 is 1.06. The number of nitrogens with zero attached hydrogens (tertiary/aromatic N) is 3. The number of carbonyl (C=O) groups is 2. The molecule has 0 radical (unpaired) electrons. The van der Waals surface area contributed by atoms with Crippen LogP contribution in [0.2, 0.25) is 0 Å². The summed E-state index contributed by atoms with van der Waals surface area (Å²) in [6.45, 7) is 6.01. The van der Waals surface area contributed by atoms with E-state index in [0.29, 0.717) is 30.7 Å². The molecule has 41 heavy (non-hydrogen) atoms. The number of benzene rings is 3. The van der Waals surface area contributed by atoms with Crippen molar-refractivity contribution in [2.24, 2.45) is 11.3 Å². The minimum Gasteiger partial charge on any atom is -0.341 e. The Kier molecular flexibility index (Phi) is 9.52. The summed E-state index contributed by atoms with van der Waals surface area (Å²) in [5.41, 5.74) is 3.39. The highest BCUT2D eigenvalue weighted by Crippen LogP contribution is 2.43. The number of hydrogen-bond donors (Lipinski definition) is 0. The molecule has 6 rings (SSSR count). The van der Waals surface area contributed by atoms with Crippen LogP contribution in [0.5, 0.6) is 0 Å². The van der Waals surface area contributed by atoms with Gasteiger partial charge in [-0.1, -0.05) is 88.7 Å². The van der Waals surface area contributed by atoms with Crippen LogP contribution in [0.25, 0.3) is 0 Å². The van der Waals surface area contributed by atoms with Crippen LogP contribution in [0.4, 0.5) is 0 Å². The van der Waals surface area contributed by atoms with Crippen LogP contribution in [0.3, 0.4) is 0 Å². The van der Waals surface area contributed by atoms with E-state index < -0.39 is 0 Å². The van der Waals surface area contributed by atoms with Gasteiger partial charge in [-0.05, 0) is 67.1 Å². The van der Waals surface area contributed by atoms with Gasteiger partial charge >= 0.3 is 0 Å². The summed E-state index contributed by atoms with van der Waals surface area (Å²) in [5, 5.41) is 0. The van der Waals surface area contributed by atoms with Gasteiger partial charge in [-0.2, -0.15) is 0 Å². The van der Waals surface area contributed by atoms with Crippen molar-refractivity contribution < 1.29 is 9.59 Å². The number of amides is 2. The molecule has 5 nitrogen and oxygen atoms in total. The molecule has 2 atom stereocenters. The Labute approximate surface area is 258 Å². The van der Waals surface area contributed by atoms with Crippen molar-refractivity contribution in [3.8, 4) is 0 Å². The van der Waals surface area contributed by atoms with E-state index in [-0.39, 0.29) is 23.7 Å². The Hall–Kier alpha value is -2.67. The minimum absolute atomic E-state index is 0. The number of likely N-dealkylation sites (tertiary alicyclic amines) is 3. The molecule has 0 bridgehead atoms. The van der Waals surface area contributed by atoms with Crippen molar-refractivity contribution in [3.05, 3.63) is 106 Å². The van der Waals surface area contributed by atoms with E-state index >= 15 is 0 Å². The Bertz CT molecular complexity index is 1310. The third-order valence-electron chi connectivity index (χ3n) is 9.41. The van der Waals surface area contributed by atoms with E-state index in [1.165, 1.54) is 11.1 Å². The van der Waals surface area contributed by atoms with Crippen molar-refractivity contribution in [2.75, 3.05) is 39.3 Å². The molecule has 3 aromatic rings. The lowest BCUT2D eigenvalue weighted by atomic mass is 9.76. The summed E-state index contributed by atoms with van der Waals surface area (Å²) in [6, 6.07) is 29.1. The molecule has 3 fully saturated rings. The van der Waals surface area contributed by atoms with E-state index in [0.717, 1.165) is 68.6 Å². The van der Waals surface area contributed by atoms with Gasteiger partial charge < -0.3 is 14.7 Å². The van der Waals surface area contributed by atoms with Crippen molar-refractivity contribution in [3.63, 3.8) is 0 Å². The van der Waals surface area contributed by atoms with Gasteiger partial charge in [0.1, 0.15) is 0 Å². The standard InChI is InChI=1S/C34H38BrN3O2.ClH/c35-30-13-11-27(12-14-30)22-37-20-17-34(33(37)40)15-18-36(19-16-34)23-29-24-38(25-31(29)28-9-5-2-6-10-28)32(39)21-26-7-3-1-4-8-26;/h1-14,29,31H,15-25H2;1H/t29-,31+;/m0./s1. The molecular formula is C34H39BrClN3O2. The highest BCUT2D eigenvalue weighted by atomic mass is 79.9. The second-order valence-electron chi connectivity index (χ2n) is 11.9. The van der Waals surface area contributed by atoms with E-state index in [2.05, 4.69) is 73.1 Å². The van der Waals surface area contributed by atoms with Gasteiger partial charge in [-0.15, -0.1) is 12.4 Å². The predicted molar refractivity (Wildman–Crippen MR) is 169 cm³/mol. The molecule has 3 aromatic carbocycles. The Morgan fingerprint density at radius 1 is 0.805 bits per heavy atom. The number of hydrogen-bond acceptors (Lipinski definition) is 3. The SMILES string of the molecule is Cl.O=C(Cc1ccccc1)N1C[C@H](CN2CCC3(CC2)CCN(Cc2ccc(Br)cc2)C3=O)[C@@H](c2ccccc2)C1. The highest BCUT2D eigenvalue weighted by Gasteiger charge is 2.48. The van der Waals surface area contributed by atoms with Crippen molar-refractivity contribution in [1.29, 1.82) is 0 Å². The third-order valence-corrected chi connectivity index (χ3v) is 9.94. The first-order valence-electron chi connectivity index (χ1n) is 14.6. The summed E-state index contributed by atoms with van der Waals surface area (Å²) in [5.74, 6) is 1.29. The van der Waals surface area contributed by atoms with E-state index in [4.69, 9.17) is 0 Å². The molecule has 3 aliphatic heterocycles. The lowest BCUT2D eigenvalue weighted by molar-refractivity contribution is -0.139. The van der Waals surface area contributed by atoms with Gasteiger partial charge in [0.25, 0.3) is 0 Å². The van der Waals surface area contributed by atoms with Gasteiger partial charge in [-0.25, -0.2) is 0 Å². The molecule has 3 heterocycles. The van der Waals surface area contributed by atoms with Crippen molar-refractivity contribution >= 4 is 40.2 Å². The van der Waals surface area contributed by atoms with E-state index in [1.807, 2.05) is 42.5 Å². The average Bonchev–Trinajstić information content (AvgIpc) is 3.54. The zero-order valence-corrected chi connectivity index (χ0v) is 25.9. The fourth-order valence-corrected chi connectivity index (χ4v) is 7.30. The van der Waals surface area contributed by atoms with Crippen LogP contribution in [-0.4, -0.2) is 65.8 Å². The molecule has 0 aliphatic carbocycles. The monoisotopic (exact) mass is 635 g/mol. The normalized spacial score (nSPS) is 22.2. The molecule has 2 amide bonds. The topological polar surface area (TPSA) is 43.9 Å². The number of carbonyl (C=O) groups excluding carboxylic acids is 2. The highest BCUT2D eigenvalue weighted by molar-refractivity contribution is 9.10. The first kappa shape index (κ1) is 29.8. The van der Waals surface area contributed by atoms with Crippen LogP contribution in [0, 0.1) is 11.3 Å². The Balaban J connectivity index is 0.00000337. The second kappa shape index (κ2) is 13.1. The summed E-state index contributed by atoms with van der Waals surface area (Å²) in [6.07, 6.45) is 3.29. The van der Waals surface area contributed by atoms with Gasteiger partial charge in [0.05, 0.1) is 11.8 Å². The van der Waals surface area contributed by atoms with Gasteiger partial charge in [-0.3, -0.25) is 9.59 Å². The molecule has 0 unspecified atom stereocenters. The largest absolute Gasteiger partial charge is 0.341 e. The number of piperidine rings is 1. The van der Waals surface area contributed by atoms with Crippen LogP contribution >= 0.6 is 28.3 Å². The maximum Gasteiger partial charge on any atom is 0.229 e. The lowest BCUT2D eigenvalue weighted by Crippen LogP contribution is -2.46. The molecule has 0 aromatic heterocycles. The molecular weight excluding hydrogens is 598 g/mol. The molecule has 3 saturated heterocycles. The fourth-order valence-electron chi connectivity index (χ4n) is 7.03. The van der Waals surface area contributed by atoms with Crippen molar-refractivity contribution in [2.45, 2.75) is 38.1 Å². The van der Waals surface area contributed by atoms with Crippen LogP contribution in [-0.2, 0) is 22.6 Å².